The molecule has 1 N–H and O–H groups in total. The molecule has 0 aliphatic carbocycles. The number of amides is 1. The SMILES string of the molecule is CCn1c(SCC(=O)Nc2ccccc2)nnc1-c1cc(N(C)C)ccn1. The molecule has 0 saturated carbocycles. The van der Waals surface area contributed by atoms with E-state index in [0.717, 1.165) is 17.1 Å². The zero-order chi connectivity index (χ0) is 19.2. The van der Waals surface area contributed by atoms with E-state index in [1.165, 1.54) is 11.8 Å². The van der Waals surface area contributed by atoms with Gasteiger partial charge in [-0.25, -0.2) is 0 Å². The highest BCUT2D eigenvalue weighted by Gasteiger charge is 2.16. The van der Waals surface area contributed by atoms with Crippen molar-refractivity contribution in [3.8, 4) is 11.5 Å². The first-order valence-corrected chi connectivity index (χ1v) is 9.61. The molecule has 0 saturated heterocycles. The highest BCUT2D eigenvalue weighted by Crippen LogP contribution is 2.25. The third kappa shape index (κ3) is 4.65. The minimum atomic E-state index is -0.0777. The maximum Gasteiger partial charge on any atom is 0.234 e. The first kappa shape index (κ1) is 18.9. The van der Waals surface area contributed by atoms with Crippen LogP contribution < -0.4 is 10.2 Å². The average molecular weight is 382 g/mol. The molecule has 8 heteroatoms. The minimum Gasteiger partial charge on any atom is -0.378 e. The molecule has 0 radical (unpaired) electrons. The Morgan fingerprint density at radius 2 is 1.96 bits per heavy atom. The highest BCUT2D eigenvalue weighted by molar-refractivity contribution is 7.99. The predicted molar refractivity (Wildman–Crippen MR) is 109 cm³/mol. The van der Waals surface area contributed by atoms with Crippen LogP contribution in [0.4, 0.5) is 11.4 Å². The Labute approximate surface area is 162 Å². The molecule has 0 unspecified atom stereocenters. The molecular weight excluding hydrogens is 360 g/mol. The van der Waals surface area contributed by atoms with Crippen LogP contribution in [0.5, 0.6) is 0 Å². The van der Waals surface area contributed by atoms with Crippen LogP contribution in [-0.2, 0) is 11.3 Å². The summed E-state index contributed by atoms with van der Waals surface area (Å²) < 4.78 is 1.97. The van der Waals surface area contributed by atoms with E-state index in [1.807, 2.05) is 73.0 Å². The van der Waals surface area contributed by atoms with Crippen molar-refractivity contribution in [2.75, 3.05) is 30.1 Å². The van der Waals surface area contributed by atoms with Crippen LogP contribution in [-0.4, -0.2) is 45.5 Å². The number of rotatable bonds is 7. The topological polar surface area (TPSA) is 75.9 Å². The Hall–Kier alpha value is -2.87. The van der Waals surface area contributed by atoms with Crippen molar-refractivity contribution in [1.29, 1.82) is 0 Å². The summed E-state index contributed by atoms with van der Waals surface area (Å²) in [5.74, 6) is 0.886. The highest BCUT2D eigenvalue weighted by atomic mass is 32.2. The summed E-state index contributed by atoms with van der Waals surface area (Å²) in [6.45, 7) is 2.72. The molecule has 0 spiro atoms. The number of anilines is 2. The van der Waals surface area contributed by atoms with Gasteiger partial charge in [0, 0.05) is 38.2 Å². The zero-order valence-electron chi connectivity index (χ0n) is 15.6. The molecule has 0 aliphatic heterocycles. The van der Waals surface area contributed by atoms with E-state index >= 15 is 0 Å². The third-order valence-electron chi connectivity index (χ3n) is 3.91. The van der Waals surface area contributed by atoms with Gasteiger partial charge in [0.25, 0.3) is 0 Å². The van der Waals surface area contributed by atoms with Crippen LogP contribution in [0, 0.1) is 0 Å². The quantitative estimate of drug-likeness (QED) is 0.633. The van der Waals surface area contributed by atoms with Gasteiger partial charge < -0.3 is 14.8 Å². The summed E-state index contributed by atoms with van der Waals surface area (Å²) in [4.78, 5) is 18.6. The van der Waals surface area contributed by atoms with Crippen LogP contribution in [0.1, 0.15) is 6.92 Å². The number of thioether (sulfide) groups is 1. The van der Waals surface area contributed by atoms with Crippen LogP contribution >= 0.6 is 11.8 Å². The minimum absolute atomic E-state index is 0.0777. The number of pyridine rings is 1. The molecule has 3 aromatic rings. The van der Waals surface area contributed by atoms with E-state index in [4.69, 9.17) is 0 Å². The number of aromatic nitrogens is 4. The third-order valence-corrected chi connectivity index (χ3v) is 4.88. The van der Waals surface area contributed by atoms with Gasteiger partial charge in [0.15, 0.2) is 11.0 Å². The van der Waals surface area contributed by atoms with Crippen molar-refractivity contribution in [1.82, 2.24) is 19.7 Å². The van der Waals surface area contributed by atoms with E-state index in [1.54, 1.807) is 6.20 Å². The number of hydrogen-bond acceptors (Lipinski definition) is 6. The fourth-order valence-electron chi connectivity index (χ4n) is 2.54. The van der Waals surface area contributed by atoms with Crippen LogP contribution in [0.3, 0.4) is 0 Å². The fraction of sp³-hybridized carbons (Fsp3) is 0.263. The van der Waals surface area contributed by atoms with E-state index in [2.05, 4.69) is 20.5 Å². The maximum absolute atomic E-state index is 12.2. The van der Waals surface area contributed by atoms with Crippen molar-refractivity contribution in [2.45, 2.75) is 18.6 Å². The fourth-order valence-corrected chi connectivity index (χ4v) is 3.34. The molecule has 7 nitrogen and oxygen atoms in total. The van der Waals surface area contributed by atoms with E-state index in [0.29, 0.717) is 17.5 Å². The standard InChI is InChI=1S/C19H22N6OS/c1-4-25-18(16-12-15(24(2)3)10-11-20-16)22-23-19(25)27-13-17(26)21-14-8-6-5-7-9-14/h5-12H,4,13H2,1-3H3,(H,21,26). The Balaban J connectivity index is 1.72. The lowest BCUT2D eigenvalue weighted by Gasteiger charge is -2.13. The Morgan fingerprint density at radius 3 is 2.67 bits per heavy atom. The molecule has 140 valence electrons. The van der Waals surface area contributed by atoms with E-state index < -0.39 is 0 Å². The molecule has 3 rings (SSSR count). The molecule has 1 amide bonds. The second kappa shape index (κ2) is 8.68. The average Bonchev–Trinajstić information content (AvgIpc) is 3.10. The number of carbonyl (C=O) groups is 1. The Kier molecular flexibility index (Phi) is 6.08. The number of carbonyl (C=O) groups excluding carboxylic acids is 1. The zero-order valence-corrected chi connectivity index (χ0v) is 16.4. The van der Waals surface area contributed by atoms with Crippen LogP contribution in [0.15, 0.2) is 53.8 Å². The summed E-state index contributed by atoms with van der Waals surface area (Å²) >= 11 is 1.36. The normalized spacial score (nSPS) is 10.6. The number of nitrogens with zero attached hydrogens (tertiary/aromatic N) is 5. The molecule has 27 heavy (non-hydrogen) atoms. The Morgan fingerprint density at radius 1 is 1.19 bits per heavy atom. The molecule has 1 aromatic carbocycles. The smallest absolute Gasteiger partial charge is 0.234 e. The predicted octanol–water partition coefficient (Wildman–Crippen LogP) is 3.16. The molecule has 0 fully saturated rings. The molecule has 2 heterocycles. The van der Waals surface area contributed by atoms with Gasteiger partial charge in [-0.2, -0.15) is 0 Å². The lowest BCUT2D eigenvalue weighted by molar-refractivity contribution is -0.113. The summed E-state index contributed by atoms with van der Waals surface area (Å²) in [5.41, 5.74) is 2.59. The molecule has 0 atom stereocenters. The van der Waals surface area contributed by atoms with Gasteiger partial charge in [-0.1, -0.05) is 30.0 Å². The lowest BCUT2D eigenvalue weighted by Crippen LogP contribution is -2.14. The first-order valence-electron chi connectivity index (χ1n) is 8.63. The van der Waals surface area contributed by atoms with Gasteiger partial charge in [-0.15, -0.1) is 10.2 Å². The van der Waals surface area contributed by atoms with Crippen molar-refractivity contribution < 1.29 is 4.79 Å². The largest absolute Gasteiger partial charge is 0.378 e. The molecule has 0 aliphatic rings. The van der Waals surface area contributed by atoms with Gasteiger partial charge in [-0.3, -0.25) is 9.78 Å². The van der Waals surface area contributed by atoms with E-state index in [-0.39, 0.29) is 11.7 Å². The number of nitrogens with one attached hydrogen (secondary N) is 1. The summed E-state index contributed by atoms with van der Waals surface area (Å²) in [7, 11) is 3.96. The monoisotopic (exact) mass is 382 g/mol. The molecule has 2 aromatic heterocycles. The van der Waals surface area contributed by atoms with Crippen molar-refractivity contribution in [3.63, 3.8) is 0 Å². The van der Waals surface area contributed by atoms with Crippen molar-refractivity contribution in [2.24, 2.45) is 0 Å². The number of para-hydroxylation sites is 1. The maximum atomic E-state index is 12.2. The van der Waals surface area contributed by atoms with Crippen LogP contribution in [0.2, 0.25) is 0 Å². The number of hydrogen-bond donors (Lipinski definition) is 1. The lowest BCUT2D eigenvalue weighted by atomic mass is 10.3. The van der Waals surface area contributed by atoms with Crippen LogP contribution in [0.25, 0.3) is 11.5 Å². The summed E-state index contributed by atoms with van der Waals surface area (Å²) in [5, 5.41) is 12.1. The Bertz CT molecular complexity index is 910. The van der Waals surface area contributed by atoms with Gasteiger partial charge in [0.2, 0.25) is 5.91 Å². The second-order valence-corrected chi connectivity index (χ2v) is 6.99. The molecular formula is C19H22N6OS. The molecule has 0 bridgehead atoms. The summed E-state index contributed by atoms with van der Waals surface area (Å²) in [6.07, 6.45) is 1.76. The number of benzene rings is 1. The summed E-state index contributed by atoms with van der Waals surface area (Å²) in [6, 6.07) is 13.3. The van der Waals surface area contributed by atoms with Gasteiger partial charge in [0.1, 0.15) is 5.69 Å². The van der Waals surface area contributed by atoms with Gasteiger partial charge >= 0.3 is 0 Å². The first-order chi connectivity index (χ1) is 13.1. The van der Waals surface area contributed by atoms with E-state index in [9.17, 15) is 4.79 Å². The second-order valence-electron chi connectivity index (χ2n) is 6.05. The van der Waals surface area contributed by atoms with Gasteiger partial charge in [-0.05, 0) is 31.2 Å². The van der Waals surface area contributed by atoms with Gasteiger partial charge in [0.05, 0.1) is 5.75 Å². The van der Waals surface area contributed by atoms with Crippen molar-refractivity contribution >= 4 is 29.0 Å². The van der Waals surface area contributed by atoms with Crippen molar-refractivity contribution in [3.05, 3.63) is 48.7 Å².